The number of aryl methyl sites for hydroxylation is 1. The van der Waals surface area contributed by atoms with Gasteiger partial charge < -0.3 is 14.4 Å². The molecule has 0 unspecified atom stereocenters. The van der Waals surface area contributed by atoms with E-state index in [1.807, 2.05) is 11.8 Å². The number of nitrogens with zero attached hydrogens (tertiary/aromatic N) is 3. The van der Waals surface area contributed by atoms with Crippen molar-refractivity contribution in [3.05, 3.63) is 41.3 Å². The van der Waals surface area contributed by atoms with E-state index in [1.54, 1.807) is 25.4 Å². The minimum absolute atomic E-state index is 0.00731. The number of hydrogen-bond acceptors (Lipinski definition) is 5. The Morgan fingerprint density at radius 3 is 2.96 bits per heavy atom. The summed E-state index contributed by atoms with van der Waals surface area (Å²) in [5, 5.41) is 7.33. The molecule has 2 aromatic heterocycles. The van der Waals surface area contributed by atoms with Crippen LogP contribution in [0.2, 0.25) is 0 Å². The van der Waals surface area contributed by atoms with Gasteiger partial charge in [-0.15, -0.1) is 0 Å². The molecule has 7 heteroatoms. The number of nitrogens with one attached hydrogen (secondary N) is 1. The molecule has 1 aliphatic heterocycles. The largest absolute Gasteiger partial charge is 0.475 e. The number of carbonyl (C=O) groups is 1. The lowest BCUT2D eigenvalue weighted by Gasteiger charge is -2.32. The molecule has 1 saturated heterocycles. The molecular weight excluding hydrogens is 320 g/mol. The zero-order chi connectivity index (χ0) is 17.6. The minimum atomic E-state index is 0.00731. The van der Waals surface area contributed by atoms with Crippen molar-refractivity contribution in [3.8, 4) is 5.88 Å². The molecule has 2 aromatic rings. The molecule has 1 N–H and O–H groups in total. The standard InChI is InChI=1S/C18H24N4O3/c1-13-10-16(21-20-13)15-4-3-7-22(12-15)18(23)14-5-6-17(19-11-14)25-9-8-24-2/h5-6,10-11,15H,3-4,7-9,12H2,1-2H3,(H,20,21)/t15-/m0/s1. The number of piperidine rings is 1. The number of amides is 1. The van der Waals surface area contributed by atoms with Crippen LogP contribution in [0.1, 0.15) is 40.5 Å². The van der Waals surface area contributed by atoms with Crippen LogP contribution in [0.4, 0.5) is 0 Å². The predicted octanol–water partition coefficient (Wildman–Crippen LogP) is 2.16. The van der Waals surface area contributed by atoms with Gasteiger partial charge in [0.2, 0.25) is 5.88 Å². The molecule has 0 aromatic carbocycles. The summed E-state index contributed by atoms with van der Waals surface area (Å²) in [6.07, 6.45) is 3.61. The number of aromatic nitrogens is 3. The lowest BCUT2D eigenvalue weighted by atomic mass is 9.94. The quantitative estimate of drug-likeness (QED) is 0.812. The van der Waals surface area contributed by atoms with Gasteiger partial charge in [0.25, 0.3) is 5.91 Å². The van der Waals surface area contributed by atoms with Gasteiger partial charge in [0, 0.05) is 44.1 Å². The van der Waals surface area contributed by atoms with Crippen LogP contribution in [0, 0.1) is 6.92 Å². The lowest BCUT2D eigenvalue weighted by molar-refractivity contribution is 0.0705. The number of rotatable bonds is 6. The van der Waals surface area contributed by atoms with Gasteiger partial charge >= 0.3 is 0 Å². The van der Waals surface area contributed by atoms with Crippen LogP contribution in [-0.4, -0.2) is 59.4 Å². The first-order chi connectivity index (χ1) is 12.2. The maximum Gasteiger partial charge on any atom is 0.255 e. The fraction of sp³-hybridized carbons (Fsp3) is 0.500. The SMILES string of the molecule is COCCOc1ccc(C(=O)N2CCC[C@H](c3cc(C)[nH]n3)C2)cn1. The average Bonchev–Trinajstić information content (AvgIpc) is 3.08. The Morgan fingerprint density at radius 2 is 2.28 bits per heavy atom. The zero-order valence-corrected chi connectivity index (χ0v) is 14.7. The smallest absolute Gasteiger partial charge is 0.255 e. The first-order valence-corrected chi connectivity index (χ1v) is 8.56. The van der Waals surface area contributed by atoms with Crippen molar-refractivity contribution >= 4 is 5.91 Å². The van der Waals surface area contributed by atoms with Crippen molar-refractivity contribution in [1.82, 2.24) is 20.1 Å². The van der Waals surface area contributed by atoms with Crippen molar-refractivity contribution < 1.29 is 14.3 Å². The predicted molar refractivity (Wildman–Crippen MR) is 92.8 cm³/mol. The van der Waals surface area contributed by atoms with Gasteiger partial charge in [-0.1, -0.05) is 0 Å². The Balaban J connectivity index is 1.61. The number of likely N-dealkylation sites (tertiary alicyclic amines) is 1. The van der Waals surface area contributed by atoms with Gasteiger partial charge in [0.15, 0.2) is 0 Å². The second-order valence-corrected chi connectivity index (χ2v) is 6.29. The van der Waals surface area contributed by atoms with E-state index >= 15 is 0 Å². The summed E-state index contributed by atoms with van der Waals surface area (Å²) in [6.45, 7) is 4.39. The summed E-state index contributed by atoms with van der Waals surface area (Å²) in [5.74, 6) is 0.789. The van der Waals surface area contributed by atoms with Crippen molar-refractivity contribution in [2.45, 2.75) is 25.7 Å². The van der Waals surface area contributed by atoms with E-state index in [4.69, 9.17) is 9.47 Å². The molecule has 1 atom stereocenters. The number of aromatic amines is 1. The van der Waals surface area contributed by atoms with Gasteiger partial charge in [-0.05, 0) is 31.9 Å². The molecule has 1 aliphatic rings. The fourth-order valence-corrected chi connectivity index (χ4v) is 3.06. The highest BCUT2D eigenvalue weighted by Gasteiger charge is 2.27. The van der Waals surface area contributed by atoms with Crippen molar-refractivity contribution in [2.24, 2.45) is 0 Å². The summed E-state index contributed by atoms with van der Waals surface area (Å²) in [4.78, 5) is 18.8. The first kappa shape index (κ1) is 17.4. The highest BCUT2D eigenvalue weighted by Crippen LogP contribution is 2.27. The van der Waals surface area contributed by atoms with Crippen LogP contribution in [0.5, 0.6) is 5.88 Å². The van der Waals surface area contributed by atoms with Crippen LogP contribution in [0.25, 0.3) is 0 Å². The monoisotopic (exact) mass is 344 g/mol. The van der Waals surface area contributed by atoms with Crippen LogP contribution in [0.3, 0.4) is 0 Å². The molecule has 7 nitrogen and oxygen atoms in total. The van der Waals surface area contributed by atoms with Gasteiger partial charge in [-0.3, -0.25) is 9.89 Å². The number of methoxy groups -OCH3 is 1. The molecule has 1 amide bonds. The van der Waals surface area contributed by atoms with E-state index in [0.29, 0.717) is 31.2 Å². The van der Waals surface area contributed by atoms with Crippen molar-refractivity contribution in [3.63, 3.8) is 0 Å². The lowest BCUT2D eigenvalue weighted by Crippen LogP contribution is -2.39. The molecule has 134 valence electrons. The topological polar surface area (TPSA) is 80.3 Å². The van der Waals surface area contributed by atoms with Gasteiger partial charge in [-0.25, -0.2) is 4.98 Å². The van der Waals surface area contributed by atoms with E-state index in [-0.39, 0.29) is 11.8 Å². The van der Waals surface area contributed by atoms with Crippen LogP contribution < -0.4 is 4.74 Å². The fourth-order valence-electron chi connectivity index (χ4n) is 3.06. The van der Waals surface area contributed by atoms with Crippen LogP contribution in [0.15, 0.2) is 24.4 Å². The van der Waals surface area contributed by atoms with E-state index in [2.05, 4.69) is 21.2 Å². The number of carbonyl (C=O) groups excluding carboxylic acids is 1. The summed E-state index contributed by atoms with van der Waals surface area (Å²) in [6, 6.07) is 5.55. The first-order valence-electron chi connectivity index (χ1n) is 8.56. The third-order valence-electron chi connectivity index (χ3n) is 4.37. The molecule has 3 rings (SSSR count). The summed E-state index contributed by atoms with van der Waals surface area (Å²) < 4.78 is 10.4. The summed E-state index contributed by atoms with van der Waals surface area (Å²) >= 11 is 0. The molecular formula is C18H24N4O3. The number of hydrogen-bond donors (Lipinski definition) is 1. The number of ether oxygens (including phenoxy) is 2. The second-order valence-electron chi connectivity index (χ2n) is 6.29. The maximum absolute atomic E-state index is 12.8. The molecule has 0 spiro atoms. The molecule has 3 heterocycles. The highest BCUT2D eigenvalue weighted by molar-refractivity contribution is 5.94. The Labute approximate surface area is 147 Å². The third kappa shape index (κ3) is 4.36. The second kappa shape index (κ2) is 8.11. The molecule has 25 heavy (non-hydrogen) atoms. The van der Waals surface area contributed by atoms with E-state index in [9.17, 15) is 4.79 Å². The summed E-state index contributed by atoms with van der Waals surface area (Å²) in [5.41, 5.74) is 2.67. The third-order valence-corrected chi connectivity index (χ3v) is 4.37. The number of pyridine rings is 1. The van der Waals surface area contributed by atoms with Crippen LogP contribution >= 0.6 is 0 Å². The van der Waals surface area contributed by atoms with Crippen LogP contribution in [-0.2, 0) is 4.74 Å². The Bertz CT molecular complexity index is 699. The minimum Gasteiger partial charge on any atom is -0.475 e. The Kier molecular flexibility index (Phi) is 5.65. The zero-order valence-electron chi connectivity index (χ0n) is 14.7. The highest BCUT2D eigenvalue weighted by atomic mass is 16.5. The van der Waals surface area contributed by atoms with E-state index < -0.39 is 0 Å². The normalized spacial score (nSPS) is 17.5. The molecule has 0 saturated carbocycles. The van der Waals surface area contributed by atoms with Gasteiger partial charge in [-0.2, -0.15) is 5.10 Å². The number of H-pyrrole nitrogens is 1. The van der Waals surface area contributed by atoms with E-state index in [1.165, 1.54) is 0 Å². The van der Waals surface area contributed by atoms with E-state index in [0.717, 1.165) is 30.8 Å². The molecule has 0 aliphatic carbocycles. The van der Waals surface area contributed by atoms with Gasteiger partial charge in [0.1, 0.15) is 6.61 Å². The molecule has 0 radical (unpaired) electrons. The van der Waals surface area contributed by atoms with Crippen molar-refractivity contribution in [1.29, 1.82) is 0 Å². The summed E-state index contributed by atoms with van der Waals surface area (Å²) in [7, 11) is 1.62. The van der Waals surface area contributed by atoms with Gasteiger partial charge in [0.05, 0.1) is 17.9 Å². The molecule has 1 fully saturated rings. The molecule has 0 bridgehead atoms. The maximum atomic E-state index is 12.8. The Hall–Kier alpha value is -2.41. The van der Waals surface area contributed by atoms with Crippen molar-refractivity contribution in [2.75, 3.05) is 33.4 Å². The average molecular weight is 344 g/mol. The Morgan fingerprint density at radius 1 is 1.40 bits per heavy atom.